The van der Waals surface area contributed by atoms with Crippen molar-refractivity contribution < 1.29 is 14.6 Å². The lowest BCUT2D eigenvalue weighted by Gasteiger charge is -2.35. The quantitative estimate of drug-likeness (QED) is 0.912. The van der Waals surface area contributed by atoms with Crippen LogP contribution < -0.4 is 0 Å². The molecule has 0 spiro atoms. The fourth-order valence-corrected chi connectivity index (χ4v) is 2.76. The van der Waals surface area contributed by atoms with Gasteiger partial charge < -0.3 is 9.84 Å². The van der Waals surface area contributed by atoms with Crippen LogP contribution in [0.25, 0.3) is 0 Å². The summed E-state index contributed by atoms with van der Waals surface area (Å²) in [5, 5.41) is 9.52. The monoisotopic (exact) mass is 269 g/mol. The van der Waals surface area contributed by atoms with Crippen molar-refractivity contribution in [2.75, 3.05) is 13.3 Å². The Kier molecular flexibility index (Phi) is 3.16. The van der Waals surface area contributed by atoms with E-state index < -0.39 is 11.6 Å². The van der Waals surface area contributed by atoms with Gasteiger partial charge in [0.15, 0.2) is 0 Å². The molecule has 1 aliphatic rings. The Labute approximate surface area is 117 Å². The van der Waals surface area contributed by atoms with E-state index in [0.29, 0.717) is 6.61 Å². The molecule has 0 aliphatic carbocycles. The topological polar surface area (TPSA) is 49.8 Å². The number of carbonyl (C=O) groups is 1. The van der Waals surface area contributed by atoms with Crippen molar-refractivity contribution in [2.45, 2.75) is 5.54 Å². The lowest BCUT2D eigenvalue weighted by molar-refractivity contribution is 0.103. The van der Waals surface area contributed by atoms with Crippen LogP contribution in [0.2, 0.25) is 0 Å². The van der Waals surface area contributed by atoms with Crippen LogP contribution in [-0.4, -0.2) is 29.4 Å². The SMILES string of the molecule is O=C(O)N1COCC1(c1ccccc1)c1ccccc1. The van der Waals surface area contributed by atoms with Gasteiger partial charge in [-0.25, -0.2) is 4.79 Å². The molecule has 0 bridgehead atoms. The maximum absolute atomic E-state index is 11.6. The van der Waals surface area contributed by atoms with E-state index in [2.05, 4.69) is 0 Å². The van der Waals surface area contributed by atoms with E-state index in [0.717, 1.165) is 11.1 Å². The maximum atomic E-state index is 11.6. The van der Waals surface area contributed by atoms with E-state index in [1.807, 2.05) is 60.7 Å². The van der Waals surface area contributed by atoms with Crippen LogP contribution in [0.1, 0.15) is 11.1 Å². The van der Waals surface area contributed by atoms with E-state index in [1.165, 1.54) is 4.90 Å². The molecule has 1 N–H and O–H groups in total. The smallest absolute Gasteiger partial charge is 0.410 e. The van der Waals surface area contributed by atoms with Crippen molar-refractivity contribution in [3.05, 3.63) is 71.8 Å². The molecule has 2 aromatic carbocycles. The van der Waals surface area contributed by atoms with Crippen molar-refractivity contribution in [3.63, 3.8) is 0 Å². The summed E-state index contributed by atoms with van der Waals surface area (Å²) in [6.45, 7) is 0.409. The standard InChI is InChI=1S/C16H15NO3/c18-15(19)17-12-20-11-16(17,13-7-3-1-4-8-13)14-9-5-2-6-10-14/h1-10H,11-12H2,(H,18,19). The number of hydrogen-bond acceptors (Lipinski definition) is 2. The zero-order valence-corrected chi connectivity index (χ0v) is 10.9. The highest BCUT2D eigenvalue weighted by molar-refractivity contribution is 5.68. The Morgan fingerprint density at radius 2 is 1.50 bits per heavy atom. The van der Waals surface area contributed by atoms with Gasteiger partial charge in [0.2, 0.25) is 0 Å². The highest BCUT2D eigenvalue weighted by atomic mass is 16.5. The van der Waals surface area contributed by atoms with E-state index in [-0.39, 0.29) is 6.73 Å². The van der Waals surface area contributed by atoms with Crippen molar-refractivity contribution in [2.24, 2.45) is 0 Å². The molecular formula is C16H15NO3. The summed E-state index contributed by atoms with van der Waals surface area (Å²) in [4.78, 5) is 13.0. The van der Waals surface area contributed by atoms with E-state index in [1.54, 1.807) is 0 Å². The summed E-state index contributed by atoms with van der Waals surface area (Å²) in [5.41, 5.74) is 1.08. The summed E-state index contributed by atoms with van der Waals surface area (Å²) < 4.78 is 5.49. The van der Waals surface area contributed by atoms with Crippen LogP contribution in [0.4, 0.5) is 4.79 Å². The molecule has 3 rings (SSSR count). The largest absolute Gasteiger partial charge is 0.465 e. The highest BCUT2D eigenvalue weighted by Crippen LogP contribution is 2.39. The molecule has 20 heavy (non-hydrogen) atoms. The molecule has 4 nitrogen and oxygen atoms in total. The maximum Gasteiger partial charge on any atom is 0.410 e. The molecule has 0 radical (unpaired) electrons. The van der Waals surface area contributed by atoms with Crippen LogP contribution in [0.15, 0.2) is 60.7 Å². The van der Waals surface area contributed by atoms with Gasteiger partial charge in [-0.3, -0.25) is 4.90 Å². The number of hydrogen-bond donors (Lipinski definition) is 1. The molecule has 1 fully saturated rings. The van der Waals surface area contributed by atoms with Crippen LogP contribution >= 0.6 is 0 Å². The Morgan fingerprint density at radius 3 is 1.95 bits per heavy atom. The fourth-order valence-electron chi connectivity index (χ4n) is 2.76. The molecular weight excluding hydrogens is 254 g/mol. The second-order valence-corrected chi connectivity index (χ2v) is 4.78. The second kappa shape index (κ2) is 4.98. The second-order valence-electron chi connectivity index (χ2n) is 4.78. The molecule has 102 valence electrons. The van der Waals surface area contributed by atoms with Crippen molar-refractivity contribution >= 4 is 6.09 Å². The lowest BCUT2D eigenvalue weighted by Crippen LogP contribution is -2.46. The van der Waals surface area contributed by atoms with Gasteiger partial charge in [0.1, 0.15) is 12.3 Å². The van der Waals surface area contributed by atoms with Gasteiger partial charge in [0.05, 0.1) is 6.61 Å². The molecule has 1 saturated heterocycles. The fraction of sp³-hybridized carbons (Fsp3) is 0.188. The molecule has 2 aromatic rings. The third kappa shape index (κ3) is 1.85. The Bertz CT molecular complexity index is 558. The van der Waals surface area contributed by atoms with Gasteiger partial charge in [-0.15, -0.1) is 0 Å². The third-order valence-corrected chi connectivity index (χ3v) is 3.73. The molecule has 1 aliphatic heterocycles. The molecule has 0 saturated carbocycles. The first-order valence-corrected chi connectivity index (χ1v) is 6.44. The number of ether oxygens (including phenoxy) is 1. The van der Waals surface area contributed by atoms with E-state index in [4.69, 9.17) is 4.74 Å². The van der Waals surface area contributed by atoms with E-state index >= 15 is 0 Å². The van der Waals surface area contributed by atoms with Crippen molar-refractivity contribution in [1.82, 2.24) is 4.90 Å². The minimum atomic E-state index is -0.977. The van der Waals surface area contributed by atoms with Gasteiger partial charge in [0, 0.05) is 0 Å². The summed E-state index contributed by atoms with van der Waals surface area (Å²) in [7, 11) is 0. The number of amides is 1. The number of carboxylic acid groups (broad SMARTS) is 1. The van der Waals surface area contributed by atoms with E-state index in [9.17, 15) is 9.90 Å². The Hall–Kier alpha value is -2.33. The third-order valence-electron chi connectivity index (χ3n) is 3.73. The molecule has 1 heterocycles. The zero-order chi connectivity index (χ0) is 14.0. The predicted octanol–water partition coefficient (Wildman–Crippen LogP) is 2.90. The van der Waals surface area contributed by atoms with Gasteiger partial charge in [0.25, 0.3) is 0 Å². The summed E-state index contributed by atoms with van der Waals surface area (Å²) in [6, 6.07) is 19.3. The van der Waals surface area contributed by atoms with Crippen LogP contribution in [0, 0.1) is 0 Å². The predicted molar refractivity (Wildman–Crippen MR) is 74.3 cm³/mol. The molecule has 0 aromatic heterocycles. The molecule has 1 amide bonds. The lowest BCUT2D eigenvalue weighted by atomic mass is 9.83. The van der Waals surface area contributed by atoms with Crippen molar-refractivity contribution in [3.8, 4) is 0 Å². The normalized spacial score (nSPS) is 17.1. The van der Waals surface area contributed by atoms with Gasteiger partial charge in [-0.2, -0.15) is 0 Å². The first kappa shape index (κ1) is 12.7. The van der Waals surface area contributed by atoms with Crippen LogP contribution in [-0.2, 0) is 10.3 Å². The van der Waals surface area contributed by atoms with Gasteiger partial charge in [-0.1, -0.05) is 60.7 Å². The zero-order valence-electron chi connectivity index (χ0n) is 10.9. The summed E-state index contributed by atoms with van der Waals surface area (Å²) in [6.07, 6.45) is -0.977. The Balaban J connectivity index is 2.21. The Morgan fingerprint density at radius 1 is 1.00 bits per heavy atom. The van der Waals surface area contributed by atoms with Crippen LogP contribution in [0.3, 0.4) is 0 Å². The first-order valence-electron chi connectivity index (χ1n) is 6.44. The molecule has 4 heteroatoms. The molecule has 0 atom stereocenters. The van der Waals surface area contributed by atoms with Crippen molar-refractivity contribution in [1.29, 1.82) is 0 Å². The molecule has 0 unspecified atom stereocenters. The summed E-state index contributed by atoms with van der Waals surface area (Å²) in [5.74, 6) is 0. The minimum Gasteiger partial charge on any atom is -0.465 e. The van der Waals surface area contributed by atoms with Crippen LogP contribution in [0.5, 0.6) is 0 Å². The number of rotatable bonds is 2. The number of nitrogens with zero attached hydrogens (tertiary/aromatic N) is 1. The average Bonchev–Trinajstić information content (AvgIpc) is 2.95. The van der Waals surface area contributed by atoms with Gasteiger partial charge >= 0.3 is 6.09 Å². The summed E-state index contributed by atoms with van der Waals surface area (Å²) >= 11 is 0. The highest BCUT2D eigenvalue weighted by Gasteiger charge is 2.47. The first-order chi connectivity index (χ1) is 9.75. The van der Waals surface area contributed by atoms with Gasteiger partial charge in [-0.05, 0) is 11.1 Å². The minimum absolute atomic E-state index is 0.0825. The number of benzene rings is 2. The average molecular weight is 269 g/mol.